The number of fused-ring (bicyclic) bond motifs is 1. The van der Waals surface area contributed by atoms with Crippen molar-refractivity contribution < 1.29 is 4.39 Å². The van der Waals surface area contributed by atoms with E-state index in [9.17, 15) is 4.39 Å². The summed E-state index contributed by atoms with van der Waals surface area (Å²) >= 11 is 3.27. The van der Waals surface area contributed by atoms with E-state index in [1.807, 2.05) is 45.0 Å². The number of rotatable bonds is 3. The highest BCUT2D eigenvalue weighted by molar-refractivity contribution is 9.10. The summed E-state index contributed by atoms with van der Waals surface area (Å²) in [5, 5.41) is 7.60. The average Bonchev–Trinajstić information content (AvgIpc) is 2.95. The molecule has 0 aliphatic carbocycles. The van der Waals surface area contributed by atoms with Crippen LogP contribution in [0.1, 0.15) is 17.0 Å². The maximum Gasteiger partial charge on any atom is 0.197 e. The smallest absolute Gasteiger partial charge is 0.197 e. The van der Waals surface area contributed by atoms with Gasteiger partial charge >= 0.3 is 0 Å². The molecule has 0 saturated carbocycles. The van der Waals surface area contributed by atoms with Crippen molar-refractivity contribution in [1.29, 1.82) is 0 Å². The van der Waals surface area contributed by atoms with Crippen molar-refractivity contribution in [3.63, 3.8) is 0 Å². The molecule has 2 aromatic carbocycles. The van der Waals surface area contributed by atoms with E-state index in [0.717, 1.165) is 28.0 Å². The van der Waals surface area contributed by atoms with Gasteiger partial charge in [-0.3, -0.25) is 0 Å². The molecule has 1 N–H and O–H groups in total. The molecular formula is C20H17BrFN5. The Balaban J connectivity index is 1.92. The van der Waals surface area contributed by atoms with Crippen LogP contribution in [-0.4, -0.2) is 19.7 Å². The Labute approximate surface area is 164 Å². The molecule has 2 heterocycles. The van der Waals surface area contributed by atoms with Crippen LogP contribution in [0.2, 0.25) is 0 Å². The molecular weight excluding hydrogens is 409 g/mol. The first-order chi connectivity index (χ1) is 12.9. The van der Waals surface area contributed by atoms with Crippen LogP contribution in [0.3, 0.4) is 0 Å². The number of hydrogen-bond donors (Lipinski definition) is 1. The lowest BCUT2D eigenvalue weighted by Crippen LogP contribution is -2.09. The summed E-state index contributed by atoms with van der Waals surface area (Å²) in [6, 6.07) is 12.7. The van der Waals surface area contributed by atoms with Gasteiger partial charge in [-0.15, -0.1) is 0 Å². The number of aryl methyl sites for hydroxylation is 3. The second-order valence-corrected chi connectivity index (χ2v) is 7.39. The summed E-state index contributed by atoms with van der Waals surface area (Å²) in [5.41, 5.74) is 4.70. The molecule has 2 aromatic heterocycles. The van der Waals surface area contributed by atoms with Gasteiger partial charge in [0.2, 0.25) is 0 Å². The summed E-state index contributed by atoms with van der Waals surface area (Å²) in [7, 11) is 0. The number of halogens is 2. The molecule has 5 nitrogen and oxygen atoms in total. The van der Waals surface area contributed by atoms with Gasteiger partial charge < -0.3 is 5.32 Å². The van der Waals surface area contributed by atoms with E-state index in [1.54, 1.807) is 16.8 Å². The molecule has 4 rings (SSSR count). The molecule has 0 bridgehead atoms. The Bertz CT molecular complexity index is 1170. The van der Waals surface area contributed by atoms with Crippen LogP contribution in [0.15, 0.2) is 46.9 Å². The zero-order valence-corrected chi connectivity index (χ0v) is 16.7. The SMILES string of the molecule is Cc1ccc2nc(Nc3ccc(Br)cc3F)c(-n3nc(C)cc3C)nc2c1. The summed E-state index contributed by atoms with van der Waals surface area (Å²) < 4.78 is 16.8. The normalized spacial score (nSPS) is 11.1. The van der Waals surface area contributed by atoms with Crippen molar-refractivity contribution in [3.8, 4) is 5.82 Å². The molecule has 0 aliphatic heterocycles. The van der Waals surface area contributed by atoms with Gasteiger partial charge in [0, 0.05) is 10.2 Å². The minimum absolute atomic E-state index is 0.321. The zero-order valence-electron chi connectivity index (χ0n) is 15.1. The Morgan fingerprint density at radius 3 is 2.48 bits per heavy atom. The van der Waals surface area contributed by atoms with Crippen molar-refractivity contribution in [3.05, 3.63) is 69.7 Å². The summed E-state index contributed by atoms with van der Waals surface area (Å²) in [6.45, 7) is 5.88. The van der Waals surface area contributed by atoms with Crippen LogP contribution < -0.4 is 5.32 Å². The fraction of sp³-hybridized carbons (Fsp3) is 0.150. The highest BCUT2D eigenvalue weighted by Crippen LogP contribution is 2.28. The summed E-state index contributed by atoms with van der Waals surface area (Å²) in [4.78, 5) is 9.46. The number of anilines is 2. The van der Waals surface area contributed by atoms with E-state index < -0.39 is 0 Å². The van der Waals surface area contributed by atoms with E-state index in [-0.39, 0.29) is 5.82 Å². The van der Waals surface area contributed by atoms with Gasteiger partial charge in [0.1, 0.15) is 5.82 Å². The van der Waals surface area contributed by atoms with E-state index in [0.29, 0.717) is 21.8 Å². The lowest BCUT2D eigenvalue weighted by molar-refractivity contribution is 0.631. The highest BCUT2D eigenvalue weighted by atomic mass is 79.9. The van der Waals surface area contributed by atoms with E-state index >= 15 is 0 Å². The monoisotopic (exact) mass is 425 g/mol. The van der Waals surface area contributed by atoms with Crippen LogP contribution in [0, 0.1) is 26.6 Å². The molecule has 0 spiro atoms. The molecule has 0 amide bonds. The van der Waals surface area contributed by atoms with Crippen LogP contribution in [-0.2, 0) is 0 Å². The average molecular weight is 426 g/mol. The van der Waals surface area contributed by atoms with E-state index in [2.05, 4.69) is 31.3 Å². The minimum Gasteiger partial charge on any atom is -0.335 e. The lowest BCUT2D eigenvalue weighted by atomic mass is 10.2. The molecule has 0 atom stereocenters. The van der Waals surface area contributed by atoms with Crippen molar-refractivity contribution in [2.75, 3.05) is 5.32 Å². The minimum atomic E-state index is -0.380. The van der Waals surface area contributed by atoms with Gasteiger partial charge in [0.25, 0.3) is 0 Å². The predicted octanol–water partition coefficient (Wildman–Crippen LogP) is 5.39. The molecule has 27 heavy (non-hydrogen) atoms. The molecule has 4 aromatic rings. The Hall–Kier alpha value is -2.80. The van der Waals surface area contributed by atoms with E-state index in [4.69, 9.17) is 4.98 Å². The molecule has 7 heteroatoms. The van der Waals surface area contributed by atoms with Crippen molar-refractivity contribution in [1.82, 2.24) is 19.7 Å². The number of nitrogens with zero attached hydrogens (tertiary/aromatic N) is 4. The zero-order chi connectivity index (χ0) is 19.1. The van der Waals surface area contributed by atoms with Crippen molar-refractivity contribution in [2.45, 2.75) is 20.8 Å². The highest BCUT2D eigenvalue weighted by Gasteiger charge is 2.16. The Kier molecular flexibility index (Phi) is 4.39. The summed E-state index contributed by atoms with van der Waals surface area (Å²) in [6.07, 6.45) is 0. The lowest BCUT2D eigenvalue weighted by Gasteiger charge is -2.14. The molecule has 0 saturated heterocycles. The molecule has 0 aliphatic rings. The predicted molar refractivity (Wildman–Crippen MR) is 108 cm³/mol. The Morgan fingerprint density at radius 1 is 0.963 bits per heavy atom. The van der Waals surface area contributed by atoms with Crippen molar-refractivity contribution in [2.24, 2.45) is 0 Å². The fourth-order valence-electron chi connectivity index (χ4n) is 2.95. The van der Waals surface area contributed by atoms with Gasteiger partial charge in [-0.25, -0.2) is 19.0 Å². The van der Waals surface area contributed by atoms with E-state index in [1.165, 1.54) is 6.07 Å². The first-order valence-corrected chi connectivity index (χ1v) is 9.24. The van der Waals surface area contributed by atoms with Gasteiger partial charge in [-0.2, -0.15) is 5.10 Å². The Morgan fingerprint density at radius 2 is 1.78 bits per heavy atom. The third-order valence-corrected chi connectivity index (χ3v) is 4.69. The van der Waals surface area contributed by atoms with Gasteiger partial charge in [0.15, 0.2) is 11.6 Å². The van der Waals surface area contributed by atoms with Crippen LogP contribution in [0.4, 0.5) is 15.9 Å². The molecule has 136 valence electrons. The first kappa shape index (κ1) is 17.6. The van der Waals surface area contributed by atoms with Crippen LogP contribution >= 0.6 is 15.9 Å². The number of nitrogens with one attached hydrogen (secondary N) is 1. The van der Waals surface area contributed by atoms with Gasteiger partial charge in [-0.05, 0) is 62.7 Å². The first-order valence-electron chi connectivity index (χ1n) is 8.45. The number of hydrogen-bond acceptors (Lipinski definition) is 4. The molecule has 0 fully saturated rings. The quantitative estimate of drug-likeness (QED) is 0.478. The molecule has 0 radical (unpaired) electrons. The number of benzene rings is 2. The third-order valence-electron chi connectivity index (χ3n) is 4.20. The third kappa shape index (κ3) is 3.42. The maximum atomic E-state index is 14.4. The standard InChI is InChI=1S/C20H17BrFN5/c1-11-4-6-17-18(8-11)25-20(27-13(3)9-12(2)26-27)19(24-17)23-16-7-5-14(21)10-15(16)22/h4-10H,1-3H3,(H,23,24). The van der Waals surface area contributed by atoms with Crippen LogP contribution in [0.5, 0.6) is 0 Å². The maximum absolute atomic E-state index is 14.4. The van der Waals surface area contributed by atoms with Crippen LogP contribution in [0.25, 0.3) is 16.9 Å². The molecule has 0 unspecified atom stereocenters. The fourth-order valence-corrected chi connectivity index (χ4v) is 3.28. The second-order valence-electron chi connectivity index (χ2n) is 6.48. The largest absolute Gasteiger partial charge is 0.335 e. The van der Waals surface area contributed by atoms with Crippen molar-refractivity contribution >= 4 is 38.5 Å². The number of aromatic nitrogens is 4. The van der Waals surface area contributed by atoms with Gasteiger partial charge in [-0.1, -0.05) is 22.0 Å². The second kappa shape index (κ2) is 6.74. The topological polar surface area (TPSA) is 55.6 Å². The van der Waals surface area contributed by atoms with Gasteiger partial charge in [0.05, 0.1) is 22.4 Å². The summed E-state index contributed by atoms with van der Waals surface area (Å²) in [5.74, 6) is 0.592.